The summed E-state index contributed by atoms with van der Waals surface area (Å²) in [7, 11) is 0. The molecule has 0 saturated carbocycles. The van der Waals surface area contributed by atoms with E-state index < -0.39 is 0 Å². The van der Waals surface area contributed by atoms with Gasteiger partial charge in [0.2, 0.25) is 0 Å². The van der Waals surface area contributed by atoms with E-state index in [0.717, 1.165) is 42.6 Å². The van der Waals surface area contributed by atoms with Gasteiger partial charge in [0.1, 0.15) is 0 Å². The summed E-state index contributed by atoms with van der Waals surface area (Å²) in [5.41, 5.74) is 7.03. The Hall–Kier alpha value is -1.71. The molecule has 1 aliphatic carbocycles. The van der Waals surface area contributed by atoms with Crippen molar-refractivity contribution in [2.75, 3.05) is 13.1 Å². The number of nitrogens with zero attached hydrogens (tertiary/aromatic N) is 1. The third-order valence-electron chi connectivity index (χ3n) is 5.18. The minimum atomic E-state index is -0.0318. The molecule has 0 aromatic heterocycles. The lowest BCUT2D eigenvalue weighted by molar-refractivity contribution is 0.192. The van der Waals surface area contributed by atoms with E-state index in [9.17, 15) is 10.2 Å². The first-order valence-electron chi connectivity index (χ1n) is 8.01. The van der Waals surface area contributed by atoms with Crippen molar-refractivity contribution >= 4 is 12.4 Å². The molecule has 122 valence electrons. The van der Waals surface area contributed by atoms with Gasteiger partial charge in [-0.05, 0) is 54.6 Å². The van der Waals surface area contributed by atoms with E-state index in [1.165, 1.54) is 16.7 Å². The fourth-order valence-electron chi connectivity index (χ4n) is 4.19. The summed E-state index contributed by atoms with van der Waals surface area (Å²) >= 11 is 0. The predicted octanol–water partition coefficient (Wildman–Crippen LogP) is 3.97. The molecule has 2 aromatic rings. The molecule has 0 bridgehead atoms. The number of halogens is 1. The smallest absolute Gasteiger partial charge is 0.165 e. The molecular formula is C19H22ClNO2. The molecule has 1 aliphatic heterocycles. The first-order chi connectivity index (χ1) is 10.6. The third kappa shape index (κ3) is 2.30. The van der Waals surface area contributed by atoms with Gasteiger partial charge in [-0.15, -0.1) is 12.4 Å². The fourth-order valence-corrected chi connectivity index (χ4v) is 4.19. The molecule has 2 N–H and O–H groups in total. The number of aryl methyl sites for hydroxylation is 1. The molecular weight excluding hydrogens is 310 g/mol. The Morgan fingerprint density at radius 2 is 1.96 bits per heavy atom. The predicted molar refractivity (Wildman–Crippen MR) is 94.6 cm³/mol. The van der Waals surface area contributed by atoms with Crippen LogP contribution < -0.4 is 0 Å². The lowest BCUT2D eigenvalue weighted by Gasteiger charge is -2.41. The number of fused-ring (bicyclic) bond motifs is 2. The summed E-state index contributed by atoms with van der Waals surface area (Å²) < 4.78 is 0. The SMILES string of the molecule is CCN1CCc2cc(C)cc3c2[C@H]1Cc1ccc(O)c(O)c1-3.Cl. The topological polar surface area (TPSA) is 43.7 Å². The molecule has 0 amide bonds. The molecule has 4 rings (SSSR count). The van der Waals surface area contributed by atoms with E-state index in [-0.39, 0.29) is 23.9 Å². The second-order valence-corrected chi connectivity index (χ2v) is 6.45. The standard InChI is InChI=1S/C19H21NO2.ClH/c1-3-20-7-6-13-8-11(2)9-14-17(13)15(20)10-12-4-5-16(21)19(22)18(12)14;/h4-5,8-9,15,21-22H,3,6-7,10H2,1-2H3;1H/t15-;/m1./s1. The van der Waals surface area contributed by atoms with Crippen molar-refractivity contribution in [1.82, 2.24) is 4.90 Å². The highest BCUT2D eigenvalue weighted by Crippen LogP contribution is 2.50. The quantitative estimate of drug-likeness (QED) is 0.777. The minimum absolute atomic E-state index is 0. The molecule has 1 atom stereocenters. The number of hydrogen-bond donors (Lipinski definition) is 2. The molecule has 0 radical (unpaired) electrons. The Bertz CT molecular complexity index is 772. The summed E-state index contributed by atoms with van der Waals surface area (Å²) in [5, 5.41) is 20.3. The molecule has 0 fully saturated rings. The van der Waals surface area contributed by atoms with Gasteiger partial charge >= 0.3 is 0 Å². The number of likely N-dealkylation sites (N-methyl/N-ethyl adjacent to an activating group) is 1. The Kier molecular flexibility index (Phi) is 4.03. The highest BCUT2D eigenvalue weighted by molar-refractivity contribution is 5.85. The van der Waals surface area contributed by atoms with Crippen LogP contribution in [-0.4, -0.2) is 28.2 Å². The van der Waals surface area contributed by atoms with Gasteiger partial charge < -0.3 is 10.2 Å². The van der Waals surface area contributed by atoms with Crippen LogP contribution >= 0.6 is 12.4 Å². The Labute approximate surface area is 143 Å². The number of phenolic OH excluding ortho intramolecular Hbond substituents is 2. The second kappa shape index (κ2) is 5.73. The number of rotatable bonds is 1. The average Bonchev–Trinajstić information content (AvgIpc) is 2.51. The molecule has 0 spiro atoms. The first kappa shape index (κ1) is 16.2. The summed E-state index contributed by atoms with van der Waals surface area (Å²) in [4.78, 5) is 2.52. The highest BCUT2D eigenvalue weighted by Gasteiger charge is 2.35. The molecule has 23 heavy (non-hydrogen) atoms. The first-order valence-corrected chi connectivity index (χ1v) is 8.01. The van der Waals surface area contributed by atoms with Crippen LogP contribution in [-0.2, 0) is 12.8 Å². The van der Waals surface area contributed by atoms with E-state index >= 15 is 0 Å². The highest BCUT2D eigenvalue weighted by atomic mass is 35.5. The van der Waals surface area contributed by atoms with Crippen LogP contribution in [0.3, 0.4) is 0 Å². The van der Waals surface area contributed by atoms with Crippen LogP contribution in [0.1, 0.15) is 35.2 Å². The maximum atomic E-state index is 10.4. The van der Waals surface area contributed by atoms with Crippen molar-refractivity contribution in [2.45, 2.75) is 32.7 Å². The number of benzene rings is 2. The van der Waals surface area contributed by atoms with Gasteiger partial charge in [-0.3, -0.25) is 4.90 Å². The number of phenols is 2. The van der Waals surface area contributed by atoms with E-state index in [0.29, 0.717) is 6.04 Å². The van der Waals surface area contributed by atoms with Crippen molar-refractivity contribution in [1.29, 1.82) is 0 Å². The Morgan fingerprint density at radius 1 is 1.17 bits per heavy atom. The second-order valence-electron chi connectivity index (χ2n) is 6.45. The fraction of sp³-hybridized carbons (Fsp3) is 0.368. The monoisotopic (exact) mass is 331 g/mol. The maximum absolute atomic E-state index is 10.4. The van der Waals surface area contributed by atoms with Crippen molar-refractivity contribution in [2.24, 2.45) is 0 Å². The summed E-state index contributed by atoms with van der Waals surface area (Å²) in [6.07, 6.45) is 1.96. The third-order valence-corrected chi connectivity index (χ3v) is 5.18. The van der Waals surface area contributed by atoms with Gasteiger partial charge in [-0.1, -0.05) is 30.7 Å². The number of aromatic hydroxyl groups is 2. The molecule has 1 heterocycles. The van der Waals surface area contributed by atoms with Crippen LogP contribution in [0.4, 0.5) is 0 Å². The lowest BCUT2D eigenvalue weighted by atomic mass is 9.76. The van der Waals surface area contributed by atoms with Crippen molar-refractivity contribution in [3.05, 3.63) is 46.5 Å². The summed E-state index contributed by atoms with van der Waals surface area (Å²) in [6, 6.07) is 8.39. The van der Waals surface area contributed by atoms with Gasteiger partial charge in [-0.2, -0.15) is 0 Å². The van der Waals surface area contributed by atoms with Crippen LogP contribution in [0.15, 0.2) is 24.3 Å². The molecule has 0 saturated heterocycles. The maximum Gasteiger partial charge on any atom is 0.165 e. The van der Waals surface area contributed by atoms with E-state index in [4.69, 9.17) is 0 Å². The Balaban J connectivity index is 0.00000156. The van der Waals surface area contributed by atoms with E-state index in [2.05, 4.69) is 30.9 Å². The normalized spacial score (nSPS) is 18.8. The van der Waals surface area contributed by atoms with Gasteiger partial charge in [0.05, 0.1) is 0 Å². The van der Waals surface area contributed by atoms with Crippen LogP contribution in [0.25, 0.3) is 11.1 Å². The Morgan fingerprint density at radius 3 is 2.70 bits per heavy atom. The molecule has 2 aromatic carbocycles. The summed E-state index contributed by atoms with van der Waals surface area (Å²) in [6.45, 7) is 6.45. The van der Waals surface area contributed by atoms with Gasteiger partial charge in [0.25, 0.3) is 0 Å². The van der Waals surface area contributed by atoms with Gasteiger partial charge in [-0.25, -0.2) is 0 Å². The largest absolute Gasteiger partial charge is 0.504 e. The zero-order valence-electron chi connectivity index (χ0n) is 13.5. The van der Waals surface area contributed by atoms with E-state index in [1.807, 2.05) is 6.07 Å². The molecule has 2 aliphatic rings. The van der Waals surface area contributed by atoms with Gasteiger partial charge in [0.15, 0.2) is 11.5 Å². The minimum Gasteiger partial charge on any atom is -0.504 e. The van der Waals surface area contributed by atoms with Gasteiger partial charge in [0, 0.05) is 18.2 Å². The van der Waals surface area contributed by atoms with Crippen LogP contribution in [0.5, 0.6) is 11.5 Å². The molecule has 0 unspecified atom stereocenters. The lowest BCUT2D eigenvalue weighted by Crippen LogP contribution is -2.38. The van der Waals surface area contributed by atoms with Crippen molar-refractivity contribution < 1.29 is 10.2 Å². The van der Waals surface area contributed by atoms with Crippen LogP contribution in [0.2, 0.25) is 0 Å². The zero-order chi connectivity index (χ0) is 15.4. The summed E-state index contributed by atoms with van der Waals surface area (Å²) in [5.74, 6) is -0.00650. The number of hydrogen-bond acceptors (Lipinski definition) is 3. The molecule has 3 nitrogen and oxygen atoms in total. The van der Waals surface area contributed by atoms with Crippen molar-refractivity contribution in [3.63, 3.8) is 0 Å². The van der Waals surface area contributed by atoms with Crippen LogP contribution in [0, 0.1) is 6.92 Å². The zero-order valence-corrected chi connectivity index (χ0v) is 14.3. The van der Waals surface area contributed by atoms with Crippen molar-refractivity contribution in [3.8, 4) is 22.6 Å². The average molecular weight is 332 g/mol. The van der Waals surface area contributed by atoms with E-state index in [1.54, 1.807) is 6.07 Å². The molecule has 4 heteroatoms.